The summed E-state index contributed by atoms with van der Waals surface area (Å²) in [6, 6.07) is 0. The van der Waals surface area contributed by atoms with Gasteiger partial charge in [-0.25, -0.2) is 4.79 Å². The van der Waals surface area contributed by atoms with Gasteiger partial charge in [-0.15, -0.1) is 0 Å². The van der Waals surface area contributed by atoms with Crippen LogP contribution < -0.4 is 11.2 Å². The molecule has 1 heterocycles. The molecule has 1 unspecified atom stereocenters. The maximum Gasteiger partial charge on any atom is 0.329 e. The highest BCUT2D eigenvalue weighted by Gasteiger charge is 2.16. The summed E-state index contributed by atoms with van der Waals surface area (Å²) in [5.41, 5.74) is -0.215. The van der Waals surface area contributed by atoms with Crippen LogP contribution in [0.15, 0.2) is 9.59 Å². The Morgan fingerprint density at radius 3 is 2.35 bits per heavy atom. The SMILES string of the molecule is CCC(C)Cn1c(=O)[nH]c(Cl)c(C(C)C)c1=O. The van der Waals surface area contributed by atoms with Gasteiger partial charge in [0.15, 0.2) is 0 Å². The Balaban J connectivity index is 3.37. The fourth-order valence-corrected chi connectivity index (χ4v) is 2.05. The van der Waals surface area contributed by atoms with Gasteiger partial charge >= 0.3 is 5.69 Å². The van der Waals surface area contributed by atoms with E-state index in [0.717, 1.165) is 6.42 Å². The number of aromatic nitrogens is 2. The predicted octanol–water partition coefficient (Wildman–Crippen LogP) is 2.36. The van der Waals surface area contributed by atoms with E-state index < -0.39 is 5.69 Å². The van der Waals surface area contributed by atoms with Crippen molar-refractivity contribution in [2.75, 3.05) is 0 Å². The van der Waals surface area contributed by atoms with Crippen molar-refractivity contribution in [3.05, 3.63) is 31.6 Å². The average molecular weight is 259 g/mol. The first-order valence-electron chi connectivity index (χ1n) is 5.91. The lowest BCUT2D eigenvalue weighted by Crippen LogP contribution is -2.39. The molecule has 96 valence electrons. The molecule has 0 radical (unpaired) electrons. The van der Waals surface area contributed by atoms with E-state index in [1.54, 1.807) is 0 Å². The van der Waals surface area contributed by atoms with Crippen molar-refractivity contribution < 1.29 is 0 Å². The summed E-state index contributed by atoms with van der Waals surface area (Å²) in [4.78, 5) is 26.4. The van der Waals surface area contributed by atoms with Crippen molar-refractivity contribution in [2.24, 2.45) is 5.92 Å². The van der Waals surface area contributed by atoms with Gasteiger partial charge in [-0.1, -0.05) is 45.7 Å². The first-order chi connectivity index (χ1) is 7.88. The van der Waals surface area contributed by atoms with E-state index in [4.69, 9.17) is 11.6 Å². The van der Waals surface area contributed by atoms with Crippen LogP contribution >= 0.6 is 11.6 Å². The van der Waals surface area contributed by atoms with E-state index in [-0.39, 0.29) is 22.5 Å². The number of hydrogen-bond donors (Lipinski definition) is 1. The van der Waals surface area contributed by atoms with Crippen molar-refractivity contribution in [3.63, 3.8) is 0 Å². The second-order valence-electron chi connectivity index (χ2n) is 4.74. The number of nitrogens with zero attached hydrogens (tertiary/aromatic N) is 1. The normalized spacial score (nSPS) is 13.1. The quantitative estimate of drug-likeness (QED) is 0.843. The topological polar surface area (TPSA) is 54.9 Å². The summed E-state index contributed by atoms with van der Waals surface area (Å²) in [7, 11) is 0. The standard InChI is InChI=1S/C12H19ClN2O2/c1-5-8(4)6-15-11(16)9(7(2)3)10(13)14-12(15)17/h7-8H,5-6H2,1-4H3,(H,14,17). The maximum atomic E-state index is 12.2. The molecule has 5 heteroatoms. The zero-order valence-electron chi connectivity index (χ0n) is 10.7. The fourth-order valence-electron chi connectivity index (χ4n) is 1.67. The van der Waals surface area contributed by atoms with E-state index in [0.29, 0.717) is 12.1 Å². The third-order valence-corrected chi connectivity index (χ3v) is 3.24. The van der Waals surface area contributed by atoms with Gasteiger partial charge in [-0.05, 0) is 11.8 Å². The zero-order valence-corrected chi connectivity index (χ0v) is 11.5. The number of H-pyrrole nitrogens is 1. The number of halogens is 1. The first-order valence-corrected chi connectivity index (χ1v) is 6.28. The maximum absolute atomic E-state index is 12.2. The molecule has 0 saturated carbocycles. The highest BCUT2D eigenvalue weighted by Crippen LogP contribution is 2.16. The van der Waals surface area contributed by atoms with E-state index in [2.05, 4.69) is 4.98 Å². The van der Waals surface area contributed by atoms with Gasteiger partial charge in [-0.2, -0.15) is 0 Å². The second-order valence-corrected chi connectivity index (χ2v) is 5.12. The monoisotopic (exact) mass is 258 g/mol. The van der Waals surface area contributed by atoms with Crippen LogP contribution in [0.5, 0.6) is 0 Å². The van der Waals surface area contributed by atoms with E-state index in [1.807, 2.05) is 27.7 Å². The Morgan fingerprint density at radius 2 is 1.88 bits per heavy atom. The summed E-state index contributed by atoms with van der Waals surface area (Å²) in [6.45, 7) is 8.24. The molecular weight excluding hydrogens is 240 g/mol. The summed E-state index contributed by atoms with van der Waals surface area (Å²) >= 11 is 5.90. The predicted molar refractivity (Wildman–Crippen MR) is 69.9 cm³/mol. The molecule has 1 rings (SSSR count). The third kappa shape index (κ3) is 3.00. The first kappa shape index (κ1) is 14.0. The fraction of sp³-hybridized carbons (Fsp3) is 0.667. The summed E-state index contributed by atoms with van der Waals surface area (Å²) < 4.78 is 1.25. The van der Waals surface area contributed by atoms with E-state index >= 15 is 0 Å². The molecule has 17 heavy (non-hydrogen) atoms. The average Bonchev–Trinajstić information content (AvgIpc) is 2.22. The number of hydrogen-bond acceptors (Lipinski definition) is 2. The van der Waals surface area contributed by atoms with E-state index in [1.165, 1.54) is 4.57 Å². The third-order valence-electron chi connectivity index (χ3n) is 2.94. The van der Waals surface area contributed by atoms with Crippen molar-refractivity contribution in [1.29, 1.82) is 0 Å². The number of nitrogens with one attached hydrogen (secondary N) is 1. The highest BCUT2D eigenvalue weighted by molar-refractivity contribution is 6.30. The molecular formula is C12H19ClN2O2. The van der Waals surface area contributed by atoms with Crippen molar-refractivity contribution in [2.45, 2.75) is 46.6 Å². The minimum Gasteiger partial charge on any atom is -0.297 e. The second kappa shape index (κ2) is 5.54. The molecule has 0 aromatic carbocycles. The molecule has 0 aliphatic rings. The van der Waals surface area contributed by atoms with Gasteiger partial charge in [0.05, 0.1) is 5.56 Å². The van der Waals surface area contributed by atoms with E-state index in [9.17, 15) is 9.59 Å². The summed E-state index contributed by atoms with van der Waals surface area (Å²) in [6.07, 6.45) is 0.922. The molecule has 0 aliphatic heterocycles. The Labute approximate surface area is 106 Å². The van der Waals surface area contributed by atoms with Gasteiger partial charge < -0.3 is 0 Å². The molecule has 0 spiro atoms. The lowest BCUT2D eigenvalue weighted by atomic mass is 10.1. The van der Waals surface area contributed by atoms with Gasteiger partial charge in [0.25, 0.3) is 5.56 Å². The van der Waals surface area contributed by atoms with Crippen molar-refractivity contribution >= 4 is 11.6 Å². The number of rotatable bonds is 4. The van der Waals surface area contributed by atoms with Gasteiger partial charge in [-0.3, -0.25) is 14.3 Å². The van der Waals surface area contributed by atoms with Crippen LogP contribution in [0.4, 0.5) is 0 Å². The smallest absolute Gasteiger partial charge is 0.297 e. The Bertz CT molecular complexity index is 502. The molecule has 1 aromatic rings. The zero-order chi connectivity index (χ0) is 13.2. The van der Waals surface area contributed by atoms with Gasteiger partial charge in [0.1, 0.15) is 5.15 Å². The molecule has 1 atom stereocenters. The lowest BCUT2D eigenvalue weighted by molar-refractivity contribution is 0.443. The molecule has 0 aliphatic carbocycles. The Hall–Kier alpha value is -1.03. The van der Waals surface area contributed by atoms with Crippen LogP contribution in [0.25, 0.3) is 0 Å². The van der Waals surface area contributed by atoms with Gasteiger partial charge in [0.2, 0.25) is 0 Å². The van der Waals surface area contributed by atoms with Crippen LogP contribution in [0.2, 0.25) is 5.15 Å². The van der Waals surface area contributed by atoms with Crippen LogP contribution in [0.3, 0.4) is 0 Å². The largest absolute Gasteiger partial charge is 0.329 e. The Kier molecular flexibility index (Phi) is 4.57. The molecule has 0 amide bonds. The van der Waals surface area contributed by atoms with Crippen molar-refractivity contribution in [1.82, 2.24) is 9.55 Å². The molecule has 4 nitrogen and oxygen atoms in total. The lowest BCUT2D eigenvalue weighted by Gasteiger charge is -2.13. The molecule has 1 N–H and O–H groups in total. The summed E-state index contributed by atoms with van der Waals surface area (Å²) in [5, 5.41) is 0.162. The molecule has 0 fully saturated rings. The van der Waals surface area contributed by atoms with Crippen LogP contribution in [0.1, 0.15) is 45.6 Å². The molecule has 1 aromatic heterocycles. The number of aromatic amines is 1. The molecule has 0 saturated heterocycles. The highest BCUT2D eigenvalue weighted by atomic mass is 35.5. The van der Waals surface area contributed by atoms with Crippen LogP contribution in [-0.4, -0.2) is 9.55 Å². The van der Waals surface area contributed by atoms with Crippen LogP contribution in [-0.2, 0) is 6.54 Å². The van der Waals surface area contributed by atoms with Crippen LogP contribution in [0, 0.1) is 5.92 Å². The summed E-state index contributed by atoms with van der Waals surface area (Å²) in [5.74, 6) is 0.282. The minimum atomic E-state index is -0.426. The minimum absolute atomic E-state index is 0.00460. The van der Waals surface area contributed by atoms with Crippen molar-refractivity contribution in [3.8, 4) is 0 Å². The Morgan fingerprint density at radius 1 is 1.29 bits per heavy atom. The van der Waals surface area contributed by atoms with Gasteiger partial charge in [0, 0.05) is 6.54 Å². The molecule has 0 bridgehead atoms.